The van der Waals surface area contributed by atoms with E-state index in [1.807, 2.05) is 13.8 Å². The quantitative estimate of drug-likeness (QED) is 0.734. The van der Waals surface area contributed by atoms with Crippen LogP contribution in [0.25, 0.3) is 0 Å². The average molecular weight is 298 g/mol. The van der Waals surface area contributed by atoms with Gasteiger partial charge in [0.15, 0.2) is 0 Å². The summed E-state index contributed by atoms with van der Waals surface area (Å²) in [4.78, 5) is 14.8. The fourth-order valence-corrected chi connectivity index (χ4v) is 3.09. The van der Waals surface area contributed by atoms with Crippen LogP contribution in [0.1, 0.15) is 60.3 Å². The van der Waals surface area contributed by atoms with Gasteiger partial charge in [0.1, 0.15) is 5.54 Å². The second-order valence-corrected chi connectivity index (χ2v) is 6.98. The normalized spacial score (nSPS) is 23.6. The summed E-state index contributed by atoms with van der Waals surface area (Å²) in [6.45, 7) is 14.0. The molecule has 1 heterocycles. The minimum Gasteiger partial charge on any atom is -0.465 e. The molecular formula is C17H34N2O2. The standard InChI is InChI=1S/C17H34N2O2/c1-6-21-16(20)17(5,18-14(2)3)10-13-19-11-7-8-15(4)9-12-19/h14-15,18H,6-13H2,1-5H3. The Bertz CT molecular complexity index is 320. The van der Waals surface area contributed by atoms with Gasteiger partial charge in [-0.25, -0.2) is 0 Å². The van der Waals surface area contributed by atoms with E-state index in [4.69, 9.17) is 4.74 Å². The van der Waals surface area contributed by atoms with E-state index in [9.17, 15) is 4.79 Å². The Morgan fingerprint density at radius 1 is 1.38 bits per heavy atom. The van der Waals surface area contributed by atoms with Gasteiger partial charge in [-0.15, -0.1) is 0 Å². The minimum absolute atomic E-state index is 0.123. The van der Waals surface area contributed by atoms with Gasteiger partial charge in [-0.05, 0) is 72.4 Å². The number of hydrogen-bond acceptors (Lipinski definition) is 4. The predicted molar refractivity (Wildman–Crippen MR) is 87.4 cm³/mol. The molecule has 4 nitrogen and oxygen atoms in total. The number of ether oxygens (including phenoxy) is 1. The highest BCUT2D eigenvalue weighted by molar-refractivity contribution is 5.80. The molecule has 124 valence electrons. The molecule has 0 spiro atoms. The lowest BCUT2D eigenvalue weighted by Gasteiger charge is -2.33. The summed E-state index contributed by atoms with van der Waals surface area (Å²) >= 11 is 0. The van der Waals surface area contributed by atoms with Gasteiger partial charge in [0.2, 0.25) is 0 Å². The molecular weight excluding hydrogens is 264 g/mol. The third kappa shape index (κ3) is 6.35. The summed E-state index contributed by atoms with van der Waals surface area (Å²) in [6.07, 6.45) is 4.68. The summed E-state index contributed by atoms with van der Waals surface area (Å²) in [7, 11) is 0. The van der Waals surface area contributed by atoms with E-state index >= 15 is 0 Å². The average Bonchev–Trinajstić information content (AvgIpc) is 2.61. The fraction of sp³-hybridized carbons (Fsp3) is 0.941. The molecule has 1 rings (SSSR count). The first kappa shape index (κ1) is 18.4. The van der Waals surface area contributed by atoms with Gasteiger partial charge in [0.05, 0.1) is 6.61 Å². The van der Waals surface area contributed by atoms with Crippen molar-refractivity contribution >= 4 is 5.97 Å². The molecule has 1 aliphatic rings. The molecule has 4 heteroatoms. The maximum atomic E-state index is 12.3. The van der Waals surface area contributed by atoms with Crippen LogP contribution >= 0.6 is 0 Å². The molecule has 0 aromatic rings. The number of nitrogens with one attached hydrogen (secondary N) is 1. The number of rotatable bonds is 7. The van der Waals surface area contributed by atoms with E-state index in [0.717, 1.165) is 32.0 Å². The van der Waals surface area contributed by atoms with Gasteiger partial charge in [-0.3, -0.25) is 10.1 Å². The smallest absolute Gasteiger partial charge is 0.326 e. The molecule has 1 N–H and O–H groups in total. The van der Waals surface area contributed by atoms with Crippen molar-refractivity contribution in [1.82, 2.24) is 10.2 Å². The first-order chi connectivity index (χ1) is 9.87. The highest BCUT2D eigenvalue weighted by Crippen LogP contribution is 2.19. The third-order valence-electron chi connectivity index (χ3n) is 4.37. The van der Waals surface area contributed by atoms with Gasteiger partial charge >= 0.3 is 5.97 Å². The van der Waals surface area contributed by atoms with Crippen molar-refractivity contribution in [2.75, 3.05) is 26.2 Å². The van der Waals surface area contributed by atoms with Gasteiger partial charge in [-0.1, -0.05) is 6.92 Å². The largest absolute Gasteiger partial charge is 0.465 e. The summed E-state index contributed by atoms with van der Waals surface area (Å²) in [5.41, 5.74) is -0.581. The molecule has 1 saturated heterocycles. The van der Waals surface area contributed by atoms with Gasteiger partial charge < -0.3 is 9.64 Å². The van der Waals surface area contributed by atoms with E-state index in [0.29, 0.717) is 6.61 Å². The summed E-state index contributed by atoms with van der Waals surface area (Å²) in [5.74, 6) is 0.710. The molecule has 0 bridgehead atoms. The van der Waals surface area contributed by atoms with Crippen molar-refractivity contribution in [2.24, 2.45) is 5.92 Å². The lowest BCUT2D eigenvalue weighted by Crippen LogP contribution is -2.54. The van der Waals surface area contributed by atoms with E-state index in [1.54, 1.807) is 0 Å². The van der Waals surface area contributed by atoms with Crippen molar-refractivity contribution in [2.45, 2.75) is 71.9 Å². The summed E-state index contributed by atoms with van der Waals surface area (Å²) < 4.78 is 5.27. The Hall–Kier alpha value is -0.610. The molecule has 21 heavy (non-hydrogen) atoms. The molecule has 0 saturated carbocycles. The van der Waals surface area contributed by atoms with Crippen LogP contribution in [0.5, 0.6) is 0 Å². The number of carbonyl (C=O) groups excluding carboxylic acids is 1. The van der Waals surface area contributed by atoms with Crippen LogP contribution in [0.3, 0.4) is 0 Å². The Morgan fingerprint density at radius 3 is 2.71 bits per heavy atom. The van der Waals surface area contributed by atoms with Gasteiger partial charge in [0.25, 0.3) is 0 Å². The molecule has 2 unspecified atom stereocenters. The van der Waals surface area contributed by atoms with Crippen LogP contribution in [0.4, 0.5) is 0 Å². The molecule has 0 amide bonds. The van der Waals surface area contributed by atoms with Crippen molar-refractivity contribution < 1.29 is 9.53 Å². The molecule has 0 aliphatic carbocycles. The van der Waals surface area contributed by atoms with E-state index in [2.05, 4.69) is 31.0 Å². The number of hydrogen-bond donors (Lipinski definition) is 1. The third-order valence-corrected chi connectivity index (χ3v) is 4.37. The fourth-order valence-electron chi connectivity index (χ4n) is 3.09. The van der Waals surface area contributed by atoms with Crippen LogP contribution < -0.4 is 5.32 Å². The minimum atomic E-state index is -0.581. The zero-order valence-electron chi connectivity index (χ0n) is 14.6. The molecule has 0 aromatic heterocycles. The van der Waals surface area contributed by atoms with Crippen molar-refractivity contribution in [3.05, 3.63) is 0 Å². The maximum absolute atomic E-state index is 12.3. The first-order valence-corrected chi connectivity index (χ1v) is 8.54. The van der Waals surface area contributed by atoms with E-state index in [-0.39, 0.29) is 12.0 Å². The second kappa shape index (κ2) is 8.74. The highest BCUT2D eigenvalue weighted by Gasteiger charge is 2.35. The molecule has 2 atom stereocenters. The Morgan fingerprint density at radius 2 is 2.10 bits per heavy atom. The van der Waals surface area contributed by atoms with E-state index < -0.39 is 5.54 Å². The van der Waals surface area contributed by atoms with Gasteiger partial charge in [0, 0.05) is 12.6 Å². The number of carbonyl (C=O) groups is 1. The zero-order valence-corrected chi connectivity index (χ0v) is 14.6. The van der Waals surface area contributed by atoms with Crippen molar-refractivity contribution in [3.8, 4) is 0 Å². The maximum Gasteiger partial charge on any atom is 0.326 e. The Kier molecular flexibility index (Phi) is 7.67. The topological polar surface area (TPSA) is 41.6 Å². The Labute approximate surface area is 130 Å². The Balaban J connectivity index is 2.57. The number of nitrogens with zero attached hydrogens (tertiary/aromatic N) is 1. The zero-order chi connectivity index (χ0) is 15.9. The molecule has 1 aliphatic heterocycles. The van der Waals surface area contributed by atoms with Crippen LogP contribution in [0, 0.1) is 5.92 Å². The van der Waals surface area contributed by atoms with Crippen molar-refractivity contribution in [3.63, 3.8) is 0 Å². The van der Waals surface area contributed by atoms with Crippen LogP contribution in [0.2, 0.25) is 0 Å². The molecule has 1 fully saturated rings. The number of esters is 1. The predicted octanol–water partition coefficient (Wildman–Crippen LogP) is 2.82. The molecule has 0 radical (unpaired) electrons. The van der Waals surface area contributed by atoms with Crippen LogP contribution in [-0.2, 0) is 9.53 Å². The van der Waals surface area contributed by atoms with Gasteiger partial charge in [-0.2, -0.15) is 0 Å². The summed E-state index contributed by atoms with van der Waals surface area (Å²) in [6, 6.07) is 0.267. The van der Waals surface area contributed by atoms with E-state index in [1.165, 1.54) is 19.3 Å². The lowest BCUT2D eigenvalue weighted by molar-refractivity contribution is -0.151. The van der Waals surface area contributed by atoms with Crippen molar-refractivity contribution in [1.29, 1.82) is 0 Å². The SMILES string of the molecule is CCOC(=O)C(C)(CCN1CCCC(C)CC1)NC(C)C. The first-order valence-electron chi connectivity index (χ1n) is 8.54. The summed E-state index contributed by atoms with van der Waals surface area (Å²) in [5, 5.41) is 3.40. The van der Waals surface area contributed by atoms with Crippen LogP contribution in [0.15, 0.2) is 0 Å². The monoisotopic (exact) mass is 298 g/mol. The lowest BCUT2D eigenvalue weighted by atomic mass is 9.96. The van der Waals surface area contributed by atoms with Crippen LogP contribution in [-0.4, -0.2) is 48.7 Å². The molecule has 0 aromatic carbocycles. The highest BCUT2D eigenvalue weighted by atomic mass is 16.5. The number of likely N-dealkylation sites (tertiary alicyclic amines) is 1. The second-order valence-electron chi connectivity index (χ2n) is 6.98.